The molecule has 1 aliphatic rings. The molecule has 1 aliphatic heterocycles. The first kappa shape index (κ1) is 25.2. The van der Waals surface area contributed by atoms with Crippen LogP contribution in [0.4, 0.5) is 11.4 Å². The summed E-state index contributed by atoms with van der Waals surface area (Å²) >= 11 is 0. The first-order chi connectivity index (χ1) is 17.4. The molecule has 3 aromatic rings. The Bertz CT molecular complexity index is 1230. The number of carbonyl (C=O) groups excluding carboxylic acids is 1. The smallest absolute Gasteiger partial charge is 0.255 e. The summed E-state index contributed by atoms with van der Waals surface area (Å²) in [6, 6.07) is 15.3. The average molecular weight is 492 g/mol. The van der Waals surface area contributed by atoms with E-state index in [1.165, 1.54) is 30.9 Å². The number of ether oxygens (including phenoxy) is 4. The number of anilines is 2. The molecule has 0 saturated carbocycles. The number of methoxy groups -OCH3 is 4. The zero-order valence-electron chi connectivity index (χ0n) is 21.2. The van der Waals surface area contributed by atoms with Gasteiger partial charge in [-0.15, -0.1) is 0 Å². The predicted octanol–water partition coefficient (Wildman–Crippen LogP) is 4.16. The molecule has 0 spiro atoms. The third-order valence-electron chi connectivity index (χ3n) is 6.50. The lowest BCUT2D eigenvalue weighted by atomic mass is 9.98. The molecule has 0 aromatic heterocycles. The van der Waals surface area contributed by atoms with Crippen LogP contribution in [0.1, 0.15) is 27.0 Å². The summed E-state index contributed by atoms with van der Waals surface area (Å²) in [5, 5.41) is 2.91. The van der Waals surface area contributed by atoms with E-state index in [-0.39, 0.29) is 5.91 Å². The van der Waals surface area contributed by atoms with E-state index in [9.17, 15) is 4.79 Å². The van der Waals surface area contributed by atoms with Gasteiger partial charge < -0.3 is 30.0 Å². The van der Waals surface area contributed by atoms with Crippen molar-refractivity contribution in [2.24, 2.45) is 0 Å². The number of benzene rings is 3. The molecule has 0 bridgehead atoms. The van der Waals surface area contributed by atoms with Crippen LogP contribution in [0, 0.1) is 0 Å². The third-order valence-corrected chi connectivity index (χ3v) is 6.50. The van der Waals surface area contributed by atoms with Crippen molar-refractivity contribution in [3.8, 4) is 23.0 Å². The monoisotopic (exact) mass is 491 g/mol. The van der Waals surface area contributed by atoms with Crippen LogP contribution >= 0.6 is 0 Å². The quantitative estimate of drug-likeness (QED) is 0.434. The van der Waals surface area contributed by atoms with Gasteiger partial charge in [0.05, 0.1) is 34.1 Å². The Morgan fingerprint density at radius 1 is 0.889 bits per heavy atom. The second kappa shape index (κ2) is 11.2. The molecule has 1 amide bonds. The number of fused-ring (bicyclic) bond motifs is 1. The van der Waals surface area contributed by atoms with E-state index in [0.29, 0.717) is 28.4 Å². The van der Waals surface area contributed by atoms with Crippen LogP contribution in [0.25, 0.3) is 0 Å². The second-order valence-corrected chi connectivity index (χ2v) is 8.70. The lowest BCUT2D eigenvalue weighted by Crippen LogP contribution is -2.32. The lowest BCUT2D eigenvalue weighted by molar-refractivity contribution is 0.102. The van der Waals surface area contributed by atoms with Crippen LogP contribution in [0.15, 0.2) is 48.5 Å². The normalized spacial score (nSPS) is 13.0. The summed E-state index contributed by atoms with van der Waals surface area (Å²) < 4.78 is 21.4. The van der Waals surface area contributed by atoms with E-state index in [4.69, 9.17) is 24.7 Å². The number of hydrogen-bond acceptors (Lipinski definition) is 7. The van der Waals surface area contributed by atoms with Gasteiger partial charge in [-0.3, -0.25) is 9.69 Å². The van der Waals surface area contributed by atoms with Crippen LogP contribution in [0.2, 0.25) is 0 Å². The predicted molar refractivity (Wildman–Crippen MR) is 141 cm³/mol. The highest BCUT2D eigenvalue weighted by atomic mass is 16.5. The maximum absolute atomic E-state index is 12.8. The van der Waals surface area contributed by atoms with Crippen molar-refractivity contribution in [1.29, 1.82) is 0 Å². The zero-order chi connectivity index (χ0) is 25.7. The summed E-state index contributed by atoms with van der Waals surface area (Å²) in [6.45, 7) is 2.84. The second-order valence-electron chi connectivity index (χ2n) is 8.70. The molecule has 3 aromatic carbocycles. The minimum Gasteiger partial charge on any atom is -0.493 e. The Morgan fingerprint density at radius 2 is 1.56 bits per heavy atom. The van der Waals surface area contributed by atoms with Gasteiger partial charge in [-0.05, 0) is 65.9 Å². The number of hydrogen-bond donors (Lipinski definition) is 2. The molecule has 3 N–H and O–H groups in total. The van der Waals surface area contributed by atoms with E-state index < -0.39 is 0 Å². The zero-order valence-corrected chi connectivity index (χ0v) is 21.2. The average Bonchev–Trinajstić information content (AvgIpc) is 2.91. The molecule has 0 unspecified atom stereocenters. The maximum atomic E-state index is 12.8. The van der Waals surface area contributed by atoms with Crippen LogP contribution in [-0.4, -0.2) is 52.3 Å². The standard InChI is InChI=1S/C28H33N3O5/c1-33-24-14-19-10-12-31(17-21(19)16-25(24)34-2)11-9-18-5-7-22(8-6-18)30-28(32)20-13-23(29)27(36-4)26(15-20)35-3/h5-8,13-16H,9-12,17,29H2,1-4H3,(H,30,32). The largest absolute Gasteiger partial charge is 0.493 e. The third kappa shape index (κ3) is 5.49. The van der Waals surface area contributed by atoms with Crippen molar-refractivity contribution in [2.75, 3.05) is 52.6 Å². The Labute approximate surface area is 211 Å². The van der Waals surface area contributed by atoms with Crippen LogP contribution in [0.3, 0.4) is 0 Å². The molecule has 8 heteroatoms. The molecule has 0 radical (unpaired) electrons. The van der Waals surface area contributed by atoms with E-state index in [2.05, 4.69) is 22.3 Å². The summed E-state index contributed by atoms with van der Waals surface area (Å²) in [4.78, 5) is 15.2. The first-order valence-corrected chi connectivity index (χ1v) is 11.8. The van der Waals surface area contributed by atoms with Crippen LogP contribution in [-0.2, 0) is 19.4 Å². The molecule has 1 heterocycles. The van der Waals surface area contributed by atoms with Gasteiger partial charge in [0, 0.05) is 30.9 Å². The van der Waals surface area contributed by atoms with Gasteiger partial charge in [0.15, 0.2) is 23.0 Å². The molecular weight excluding hydrogens is 458 g/mol. The van der Waals surface area contributed by atoms with Gasteiger partial charge in [0.25, 0.3) is 5.91 Å². The topological polar surface area (TPSA) is 95.3 Å². The maximum Gasteiger partial charge on any atom is 0.255 e. The summed E-state index contributed by atoms with van der Waals surface area (Å²) in [5.41, 5.74) is 11.3. The highest BCUT2D eigenvalue weighted by molar-refractivity contribution is 6.05. The number of rotatable bonds is 9. The van der Waals surface area contributed by atoms with Crippen molar-refractivity contribution < 1.29 is 23.7 Å². The number of nitrogen functional groups attached to an aromatic ring is 1. The van der Waals surface area contributed by atoms with E-state index in [0.717, 1.165) is 44.0 Å². The molecule has 0 atom stereocenters. The Morgan fingerprint density at radius 3 is 2.19 bits per heavy atom. The van der Waals surface area contributed by atoms with Gasteiger partial charge in [-0.1, -0.05) is 12.1 Å². The van der Waals surface area contributed by atoms with Gasteiger partial charge in [0.2, 0.25) is 0 Å². The Kier molecular flexibility index (Phi) is 7.85. The SMILES string of the molecule is COc1cc2c(cc1OC)CN(CCc1ccc(NC(=O)c3cc(N)c(OC)c(OC)c3)cc1)CC2. The molecule has 4 rings (SSSR count). The minimum absolute atomic E-state index is 0.269. The Balaban J connectivity index is 1.34. The van der Waals surface area contributed by atoms with E-state index >= 15 is 0 Å². The van der Waals surface area contributed by atoms with Crippen LogP contribution in [0.5, 0.6) is 23.0 Å². The highest BCUT2D eigenvalue weighted by Crippen LogP contribution is 2.35. The van der Waals surface area contributed by atoms with Crippen molar-refractivity contribution in [1.82, 2.24) is 4.90 Å². The number of nitrogens with one attached hydrogen (secondary N) is 1. The van der Waals surface area contributed by atoms with Crippen LogP contribution < -0.4 is 30.0 Å². The number of amides is 1. The fourth-order valence-electron chi connectivity index (χ4n) is 4.50. The van der Waals surface area contributed by atoms with E-state index in [1.54, 1.807) is 26.4 Å². The van der Waals surface area contributed by atoms with Gasteiger partial charge >= 0.3 is 0 Å². The van der Waals surface area contributed by atoms with Gasteiger partial charge in [-0.25, -0.2) is 0 Å². The fraction of sp³-hybridized carbons (Fsp3) is 0.321. The number of nitrogens with two attached hydrogens (primary N) is 1. The first-order valence-electron chi connectivity index (χ1n) is 11.8. The van der Waals surface area contributed by atoms with Gasteiger partial charge in [0.1, 0.15) is 0 Å². The van der Waals surface area contributed by atoms with Crippen molar-refractivity contribution in [3.05, 3.63) is 70.8 Å². The lowest BCUT2D eigenvalue weighted by Gasteiger charge is -2.29. The van der Waals surface area contributed by atoms with Crippen molar-refractivity contribution in [2.45, 2.75) is 19.4 Å². The van der Waals surface area contributed by atoms with Gasteiger partial charge in [-0.2, -0.15) is 0 Å². The minimum atomic E-state index is -0.269. The van der Waals surface area contributed by atoms with Crippen molar-refractivity contribution >= 4 is 17.3 Å². The fourth-order valence-corrected chi connectivity index (χ4v) is 4.50. The van der Waals surface area contributed by atoms with E-state index in [1.807, 2.05) is 24.3 Å². The molecule has 8 nitrogen and oxygen atoms in total. The molecule has 0 saturated heterocycles. The number of carbonyl (C=O) groups is 1. The molecular formula is C28H33N3O5. The summed E-state index contributed by atoms with van der Waals surface area (Å²) in [7, 11) is 6.35. The molecule has 36 heavy (non-hydrogen) atoms. The summed E-state index contributed by atoms with van der Waals surface area (Å²) in [5.74, 6) is 2.11. The van der Waals surface area contributed by atoms with Crippen molar-refractivity contribution in [3.63, 3.8) is 0 Å². The molecule has 0 fully saturated rings. The molecule has 0 aliphatic carbocycles. The number of nitrogens with zero attached hydrogens (tertiary/aromatic N) is 1. The highest BCUT2D eigenvalue weighted by Gasteiger charge is 2.19. The molecule has 190 valence electrons. The summed E-state index contributed by atoms with van der Waals surface area (Å²) in [6.07, 6.45) is 1.91. The Hall–Kier alpha value is -3.91.